The summed E-state index contributed by atoms with van der Waals surface area (Å²) in [4.78, 5) is 0. The molecule has 0 unspecified atom stereocenters. The van der Waals surface area contributed by atoms with E-state index in [1.807, 2.05) is 0 Å². The molecule has 3 rings (SSSR count). The van der Waals surface area contributed by atoms with E-state index in [-0.39, 0.29) is 0 Å². The Morgan fingerprint density at radius 3 is 2.60 bits per heavy atom. The number of nitrogens with one attached hydrogen (secondary N) is 1. The second-order valence-electron chi connectivity index (χ2n) is 6.40. The molecule has 1 fully saturated rings. The van der Waals surface area contributed by atoms with Gasteiger partial charge in [0.05, 0.1) is 0 Å². The molecule has 1 N–H and O–H groups in total. The van der Waals surface area contributed by atoms with E-state index >= 15 is 0 Å². The Labute approximate surface area is 122 Å². The Kier molecular flexibility index (Phi) is 4.96. The molecule has 2 aliphatic rings. The van der Waals surface area contributed by atoms with E-state index in [2.05, 4.69) is 29.6 Å². The average molecular weight is 273 g/mol. The zero-order valence-electron chi connectivity index (χ0n) is 12.4. The monoisotopic (exact) mass is 273 g/mol. The molecule has 0 radical (unpaired) electrons. The van der Waals surface area contributed by atoms with Gasteiger partial charge in [0, 0.05) is 6.54 Å². The van der Waals surface area contributed by atoms with Gasteiger partial charge in [-0.3, -0.25) is 0 Å². The van der Waals surface area contributed by atoms with Gasteiger partial charge in [-0.25, -0.2) is 0 Å². The highest BCUT2D eigenvalue weighted by atomic mass is 16.5. The van der Waals surface area contributed by atoms with Crippen molar-refractivity contribution in [2.75, 3.05) is 13.1 Å². The fourth-order valence-corrected chi connectivity index (χ4v) is 3.54. The van der Waals surface area contributed by atoms with Crippen LogP contribution in [0.5, 0.6) is 5.75 Å². The van der Waals surface area contributed by atoms with Crippen LogP contribution in [0.25, 0.3) is 0 Å². The number of ether oxygens (including phenoxy) is 1. The minimum Gasteiger partial charge on any atom is -0.489 e. The van der Waals surface area contributed by atoms with Crippen molar-refractivity contribution in [3.8, 4) is 5.75 Å². The van der Waals surface area contributed by atoms with Crippen LogP contribution in [0, 0.1) is 5.92 Å². The lowest BCUT2D eigenvalue weighted by Crippen LogP contribution is -2.36. The summed E-state index contributed by atoms with van der Waals surface area (Å²) in [5.74, 6) is 1.99. The molecule has 0 amide bonds. The molecule has 0 aromatic heterocycles. The third-order valence-electron chi connectivity index (χ3n) is 4.78. The van der Waals surface area contributed by atoms with Crippen molar-refractivity contribution in [2.24, 2.45) is 5.92 Å². The summed E-state index contributed by atoms with van der Waals surface area (Å²) in [5.41, 5.74) is 1.37. The molecule has 1 aromatic carbocycles. The Balaban J connectivity index is 1.41. The van der Waals surface area contributed by atoms with Gasteiger partial charge in [0.15, 0.2) is 0 Å². The minimum atomic E-state index is 0.357. The van der Waals surface area contributed by atoms with Crippen molar-refractivity contribution in [3.63, 3.8) is 0 Å². The third kappa shape index (κ3) is 3.76. The number of para-hydroxylation sites is 1. The average Bonchev–Trinajstić information content (AvgIpc) is 2.76. The largest absolute Gasteiger partial charge is 0.489 e. The van der Waals surface area contributed by atoms with Crippen molar-refractivity contribution in [1.82, 2.24) is 5.32 Å². The zero-order chi connectivity index (χ0) is 13.6. The number of aryl methyl sites for hydroxylation is 1. The summed E-state index contributed by atoms with van der Waals surface area (Å²) in [6.45, 7) is 2.19. The lowest BCUT2D eigenvalue weighted by Gasteiger charge is -2.27. The van der Waals surface area contributed by atoms with Gasteiger partial charge < -0.3 is 10.1 Å². The van der Waals surface area contributed by atoms with Crippen molar-refractivity contribution < 1.29 is 4.74 Å². The molecule has 1 saturated carbocycles. The molecule has 2 heteroatoms. The molecule has 1 aliphatic carbocycles. The first-order chi connectivity index (χ1) is 9.92. The van der Waals surface area contributed by atoms with Crippen LogP contribution in [0.2, 0.25) is 0 Å². The van der Waals surface area contributed by atoms with E-state index in [1.54, 1.807) is 0 Å². The van der Waals surface area contributed by atoms with Gasteiger partial charge in [0.25, 0.3) is 0 Å². The maximum absolute atomic E-state index is 6.08. The van der Waals surface area contributed by atoms with Gasteiger partial charge in [0.1, 0.15) is 11.9 Å². The number of rotatable bonds is 4. The molecule has 0 bridgehead atoms. The summed E-state index contributed by atoms with van der Waals surface area (Å²) in [5, 5.41) is 3.66. The van der Waals surface area contributed by atoms with Gasteiger partial charge in [-0.1, -0.05) is 43.9 Å². The van der Waals surface area contributed by atoms with E-state index in [4.69, 9.17) is 4.74 Å². The summed E-state index contributed by atoms with van der Waals surface area (Å²) in [6.07, 6.45) is 11.2. The van der Waals surface area contributed by atoms with E-state index in [9.17, 15) is 0 Å². The van der Waals surface area contributed by atoms with Crippen LogP contribution < -0.4 is 10.1 Å². The second-order valence-corrected chi connectivity index (χ2v) is 6.40. The Morgan fingerprint density at radius 2 is 1.75 bits per heavy atom. The van der Waals surface area contributed by atoms with E-state index in [0.29, 0.717) is 6.10 Å². The molecule has 2 nitrogen and oxygen atoms in total. The van der Waals surface area contributed by atoms with Gasteiger partial charge >= 0.3 is 0 Å². The van der Waals surface area contributed by atoms with Crippen LogP contribution in [0.3, 0.4) is 0 Å². The number of benzene rings is 1. The molecular weight excluding hydrogens is 246 g/mol. The van der Waals surface area contributed by atoms with Gasteiger partial charge in [-0.15, -0.1) is 0 Å². The van der Waals surface area contributed by atoms with Crippen LogP contribution >= 0.6 is 0 Å². The molecule has 1 heterocycles. The lowest BCUT2D eigenvalue weighted by atomic mass is 9.99. The molecule has 1 aliphatic heterocycles. The summed E-state index contributed by atoms with van der Waals surface area (Å²) >= 11 is 0. The van der Waals surface area contributed by atoms with Crippen LogP contribution in [0.1, 0.15) is 50.5 Å². The van der Waals surface area contributed by atoms with Crippen LogP contribution in [0.4, 0.5) is 0 Å². The maximum atomic E-state index is 6.08. The maximum Gasteiger partial charge on any atom is 0.122 e. The third-order valence-corrected chi connectivity index (χ3v) is 4.78. The first-order valence-corrected chi connectivity index (χ1v) is 8.37. The molecule has 1 aromatic rings. The molecule has 1 atom stereocenters. The Bertz CT molecular complexity index is 410. The van der Waals surface area contributed by atoms with Gasteiger partial charge in [-0.05, 0) is 49.8 Å². The summed E-state index contributed by atoms with van der Waals surface area (Å²) in [7, 11) is 0. The molecule has 20 heavy (non-hydrogen) atoms. The number of hydrogen-bond donors (Lipinski definition) is 1. The normalized spacial score (nSPS) is 23.7. The molecule has 110 valence electrons. The Morgan fingerprint density at radius 1 is 0.950 bits per heavy atom. The van der Waals surface area contributed by atoms with Gasteiger partial charge in [0.2, 0.25) is 0 Å². The fourth-order valence-electron chi connectivity index (χ4n) is 3.54. The first kappa shape index (κ1) is 13.9. The van der Waals surface area contributed by atoms with Crippen molar-refractivity contribution in [1.29, 1.82) is 0 Å². The quantitative estimate of drug-likeness (QED) is 0.839. The van der Waals surface area contributed by atoms with E-state index in [0.717, 1.165) is 31.1 Å². The minimum absolute atomic E-state index is 0.357. The fraction of sp³-hybridized carbons (Fsp3) is 0.667. The molecule has 0 spiro atoms. The summed E-state index contributed by atoms with van der Waals surface area (Å²) in [6, 6.07) is 8.46. The van der Waals surface area contributed by atoms with Crippen LogP contribution in [-0.2, 0) is 6.42 Å². The van der Waals surface area contributed by atoms with Gasteiger partial charge in [-0.2, -0.15) is 0 Å². The summed E-state index contributed by atoms with van der Waals surface area (Å²) < 4.78 is 6.08. The molecule has 0 saturated heterocycles. The highest BCUT2D eigenvalue weighted by Crippen LogP contribution is 2.27. The molecular formula is C18H27NO. The first-order valence-electron chi connectivity index (χ1n) is 8.37. The predicted octanol–water partition coefficient (Wildman–Crippen LogP) is 3.94. The lowest BCUT2D eigenvalue weighted by molar-refractivity contribution is 0.168. The highest BCUT2D eigenvalue weighted by molar-refractivity contribution is 5.35. The van der Waals surface area contributed by atoms with Crippen molar-refractivity contribution >= 4 is 0 Å². The Hall–Kier alpha value is -1.02. The van der Waals surface area contributed by atoms with Crippen molar-refractivity contribution in [2.45, 2.75) is 57.5 Å². The van der Waals surface area contributed by atoms with E-state index in [1.165, 1.54) is 50.6 Å². The zero-order valence-corrected chi connectivity index (χ0v) is 12.4. The van der Waals surface area contributed by atoms with Crippen molar-refractivity contribution in [3.05, 3.63) is 29.8 Å². The second kappa shape index (κ2) is 7.12. The van der Waals surface area contributed by atoms with E-state index < -0.39 is 0 Å². The number of fused-ring (bicyclic) bond motifs is 1. The predicted molar refractivity (Wildman–Crippen MR) is 83.2 cm³/mol. The highest BCUT2D eigenvalue weighted by Gasteiger charge is 2.19. The van der Waals surface area contributed by atoms with Crippen LogP contribution in [0.15, 0.2) is 24.3 Å². The smallest absolute Gasteiger partial charge is 0.122 e. The SMILES string of the molecule is c1ccc2c(c1)CC[C@H](CNCC1CCCCCC1)O2. The van der Waals surface area contributed by atoms with Crippen LogP contribution in [-0.4, -0.2) is 19.2 Å². The standard InChI is InChI=1S/C18H27NO/c1-2-4-8-15(7-3-1)13-19-14-17-12-11-16-9-5-6-10-18(16)20-17/h5-6,9-10,15,17,19H,1-4,7-8,11-14H2/t17-/m1/s1. The topological polar surface area (TPSA) is 21.3 Å². The number of hydrogen-bond acceptors (Lipinski definition) is 2.